The van der Waals surface area contributed by atoms with E-state index in [4.69, 9.17) is 0 Å². The topological polar surface area (TPSA) is 24.1 Å². The van der Waals surface area contributed by atoms with Crippen molar-refractivity contribution in [1.29, 1.82) is 0 Å². The fraction of sp³-hybridized carbons (Fsp3) is 1.00. The van der Waals surface area contributed by atoms with E-state index in [1.807, 2.05) is 0 Å². The molecule has 1 heterocycles. The van der Waals surface area contributed by atoms with Crippen molar-refractivity contribution in [3.63, 3.8) is 0 Å². The molecular formula is C11H22N2. The van der Waals surface area contributed by atoms with Crippen LogP contribution < -0.4 is 10.6 Å². The Morgan fingerprint density at radius 1 is 1.23 bits per heavy atom. The van der Waals surface area contributed by atoms with E-state index in [0.29, 0.717) is 0 Å². The molecule has 0 amide bonds. The van der Waals surface area contributed by atoms with Crippen LogP contribution in [-0.4, -0.2) is 25.7 Å². The molecule has 0 bridgehead atoms. The molecule has 2 fully saturated rings. The molecule has 1 aliphatic carbocycles. The Balaban J connectivity index is 1.46. The first-order valence-corrected chi connectivity index (χ1v) is 5.89. The summed E-state index contributed by atoms with van der Waals surface area (Å²) in [6.07, 6.45) is 8.58. The van der Waals surface area contributed by atoms with Crippen LogP contribution in [0.25, 0.3) is 0 Å². The van der Waals surface area contributed by atoms with Gasteiger partial charge in [0.15, 0.2) is 0 Å². The third kappa shape index (κ3) is 3.65. The molecule has 2 N–H and O–H groups in total. The number of hydrogen-bond acceptors (Lipinski definition) is 2. The van der Waals surface area contributed by atoms with E-state index in [-0.39, 0.29) is 0 Å². The van der Waals surface area contributed by atoms with Crippen molar-refractivity contribution in [2.24, 2.45) is 5.92 Å². The maximum Gasteiger partial charge on any atom is 0.0192 e. The number of rotatable bonds is 5. The SMILES string of the molecule is C(CNC1CCCNC1)CC1CC1. The Morgan fingerprint density at radius 2 is 2.15 bits per heavy atom. The zero-order valence-corrected chi connectivity index (χ0v) is 8.52. The minimum absolute atomic E-state index is 0.757. The highest BCUT2D eigenvalue weighted by Crippen LogP contribution is 2.33. The largest absolute Gasteiger partial charge is 0.315 e. The van der Waals surface area contributed by atoms with Gasteiger partial charge in [0.05, 0.1) is 0 Å². The Hall–Kier alpha value is -0.0800. The summed E-state index contributed by atoms with van der Waals surface area (Å²) in [5, 5.41) is 7.08. The molecule has 1 saturated heterocycles. The zero-order valence-electron chi connectivity index (χ0n) is 8.52. The first-order valence-electron chi connectivity index (χ1n) is 5.89. The minimum Gasteiger partial charge on any atom is -0.315 e. The van der Waals surface area contributed by atoms with Crippen LogP contribution in [0, 0.1) is 5.92 Å². The van der Waals surface area contributed by atoms with Crippen LogP contribution >= 0.6 is 0 Å². The second-order valence-corrected chi connectivity index (χ2v) is 4.58. The molecule has 1 atom stereocenters. The Labute approximate surface area is 81.5 Å². The van der Waals surface area contributed by atoms with Gasteiger partial charge in [0, 0.05) is 12.6 Å². The molecule has 0 aromatic rings. The van der Waals surface area contributed by atoms with Crippen LogP contribution in [0.2, 0.25) is 0 Å². The van der Waals surface area contributed by atoms with Crippen molar-refractivity contribution in [1.82, 2.24) is 10.6 Å². The molecule has 1 aliphatic heterocycles. The predicted molar refractivity (Wildman–Crippen MR) is 55.9 cm³/mol. The van der Waals surface area contributed by atoms with Crippen LogP contribution in [0.3, 0.4) is 0 Å². The molecular weight excluding hydrogens is 160 g/mol. The molecule has 0 aromatic carbocycles. The molecule has 2 nitrogen and oxygen atoms in total. The highest BCUT2D eigenvalue weighted by molar-refractivity contribution is 4.76. The van der Waals surface area contributed by atoms with Gasteiger partial charge in [-0.25, -0.2) is 0 Å². The normalized spacial score (nSPS) is 29.1. The Bertz CT molecular complexity index is 137. The van der Waals surface area contributed by atoms with Crippen molar-refractivity contribution < 1.29 is 0 Å². The number of piperidine rings is 1. The number of nitrogens with one attached hydrogen (secondary N) is 2. The molecule has 2 aliphatic rings. The van der Waals surface area contributed by atoms with Gasteiger partial charge in [0.1, 0.15) is 0 Å². The third-order valence-electron chi connectivity index (χ3n) is 3.22. The highest BCUT2D eigenvalue weighted by atomic mass is 15.0. The molecule has 2 heteroatoms. The van der Waals surface area contributed by atoms with E-state index in [1.165, 1.54) is 58.2 Å². The van der Waals surface area contributed by atoms with E-state index < -0.39 is 0 Å². The maximum atomic E-state index is 3.64. The lowest BCUT2D eigenvalue weighted by atomic mass is 10.1. The second-order valence-electron chi connectivity index (χ2n) is 4.58. The molecule has 13 heavy (non-hydrogen) atoms. The highest BCUT2D eigenvalue weighted by Gasteiger charge is 2.20. The summed E-state index contributed by atoms with van der Waals surface area (Å²) in [5.74, 6) is 1.10. The van der Waals surface area contributed by atoms with Crippen molar-refractivity contribution in [3.8, 4) is 0 Å². The second kappa shape index (κ2) is 4.97. The quantitative estimate of drug-likeness (QED) is 0.630. The van der Waals surface area contributed by atoms with E-state index in [1.54, 1.807) is 0 Å². The summed E-state index contributed by atoms with van der Waals surface area (Å²) >= 11 is 0. The fourth-order valence-electron chi connectivity index (χ4n) is 2.13. The average Bonchev–Trinajstić information content (AvgIpc) is 2.98. The molecule has 0 spiro atoms. The lowest BCUT2D eigenvalue weighted by Crippen LogP contribution is -2.43. The lowest BCUT2D eigenvalue weighted by Gasteiger charge is -2.23. The smallest absolute Gasteiger partial charge is 0.0192 e. The van der Waals surface area contributed by atoms with Crippen molar-refractivity contribution in [3.05, 3.63) is 0 Å². The van der Waals surface area contributed by atoms with Gasteiger partial charge in [0.25, 0.3) is 0 Å². The first kappa shape index (κ1) is 9.47. The summed E-state index contributed by atoms with van der Waals surface area (Å²) in [6.45, 7) is 3.65. The maximum absolute atomic E-state index is 3.64. The van der Waals surface area contributed by atoms with Gasteiger partial charge in [-0.05, 0) is 44.7 Å². The molecule has 1 unspecified atom stereocenters. The molecule has 0 radical (unpaired) electrons. The van der Waals surface area contributed by atoms with Gasteiger partial charge in [-0.1, -0.05) is 12.8 Å². The monoisotopic (exact) mass is 182 g/mol. The summed E-state index contributed by atoms with van der Waals surface area (Å²) in [5.41, 5.74) is 0. The Morgan fingerprint density at radius 3 is 2.85 bits per heavy atom. The molecule has 0 aromatic heterocycles. The number of hydrogen-bond donors (Lipinski definition) is 2. The van der Waals surface area contributed by atoms with Crippen LogP contribution in [-0.2, 0) is 0 Å². The fourth-order valence-corrected chi connectivity index (χ4v) is 2.13. The predicted octanol–water partition coefficient (Wildman–Crippen LogP) is 1.52. The van der Waals surface area contributed by atoms with E-state index >= 15 is 0 Å². The van der Waals surface area contributed by atoms with E-state index in [9.17, 15) is 0 Å². The van der Waals surface area contributed by atoms with Crippen LogP contribution in [0.4, 0.5) is 0 Å². The molecule has 76 valence electrons. The van der Waals surface area contributed by atoms with Crippen LogP contribution in [0.5, 0.6) is 0 Å². The first-order chi connectivity index (χ1) is 6.45. The van der Waals surface area contributed by atoms with Gasteiger partial charge < -0.3 is 10.6 Å². The van der Waals surface area contributed by atoms with Gasteiger partial charge in [-0.2, -0.15) is 0 Å². The summed E-state index contributed by atoms with van der Waals surface area (Å²) in [4.78, 5) is 0. The standard InChI is InChI=1S/C11H22N2/c1(3-10-5-6-10)8-13-11-4-2-7-12-9-11/h10-13H,1-9H2. The van der Waals surface area contributed by atoms with Crippen molar-refractivity contribution in [2.75, 3.05) is 19.6 Å². The van der Waals surface area contributed by atoms with Gasteiger partial charge in [0.2, 0.25) is 0 Å². The van der Waals surface area contributed by atoms with Gasteiger partial charge in [-0.3, -0.25) is 0 Å². The summed E-state index contributed by atoms with van der Waals surface area (Å²) in [6, 6.07) is 0.757. The minimum atomic E-state index is 0.757. The third-order valence-corrected chi connectivity index (χ3v) is 3.22. The van der Waals surface area contributed by atoms with E-state index in [0.717, 1.165) is 12.0 Å². The lowest BCUT2D eigenvalue weighted by molar-refractivity contribution is 0.385. The molecule has 1 saturated carbocycles. The molecule has 2 rings (SSSR count). The van der Waals surface area contributed by atoms with E-state index in [2.05, 4.69) is 10.6 Å². The van der Waals surface area contributed by atoms with Gasteiger partial charge in [-0.15, -0.1) is 0 Å². The Kier molecular flexibility index (Phi) is 3.62. The average molecular weight is 182 g/mol. The zero-order chi connectivity index (χ0) is 8.93. The van der Waals surface area contributed by atoms with Crippen molar-refractivity contribution >= 4 is 0 Å². The van der Waals surface area contributed by atoms with Crippen molar-refractivity contribution in [2.45, 2.75) is 44.6 Å². The van der Waals surface area contributed by atoms with Crippen LogP contribution in [0.15, 0.2) is 0 Å². The summed E-state index contributed by atoms with van der Waals surface area (Å²) < 4.78 is 0. The van der Waals surface area contributed by atoms with Crippen LogP contribution in [0.1, 0.15) is 38.5 Å². The van der Waals surface area contributed by atoms with Gasteiger partial charge >= 0.3 is 0 Å². The summed E-state index contributed by atoms with van der Waals surface area (Å²) in [7, 11) is 0.